The third kappa shape index (κ3) is 2.12. The maximum Gasteiger partial charge on any atom is 0.351 e. The standard InChI is InChI=1S/C10H12FN3O4/c11-6-1-8(18-7(6)4-16)14-2-5(3-15)9(12)13-10(14)17/h2-3,6-8,16H,1,4H2,(H2,12,13,17)/t6?,7-,8-/m1/s1. The van der Waals surface area contributed by atoms with Gasteiger partial charge in [-0.25, -0.2) is 9.18 Å². The van der Waals surface area contributed by atoms with Gasteiger partial charge in [0.25, 0.3) is 0 Å². The summed E-state index contributed by atoms with van der Waals surface area (Å²) in [4.78, 5) is 25.7. The number of nitrogens with two attached hydrogens (primary N) is 1. The van der Waals surface area contributed by atoms with Gasteiger partial charge in [0.1, 0.15) is 24.3 Å². The maximum absolute atomic E-state index is 13.4. The highest BCUT2D eigenvalue weighted by molar-refractivity contribution is 5.80. The summed E-state index contributed by atoms with van der Waals surface area (Å²) < 4.78 is 19.6. The Balaban J connectivity index is 2.35. The number of aliphatic hydroxyl groups excluding tert-OH is 1. The minimum atomic E-state index is -1.37. The molecule has 1 fully saturated rings. The largest absolute Gasteiger partial charge is 0.394 e. The number of carbonyl (C=O) groups excluding carboxylic acids is 1. The average molecular weight is 257 g/mol. The Kier molecular flexibility index (Phi) is 3.39. The molecule has 0 aliphatic carbocycles. The van der Waals surface area contributed by atoms with E-state index in [1.807, 2.05) is 0 Å². The summed E-state index contributed by atoms with van der Waals surface area (Å²) in [5.41, 5.74) is 4.67. The lowest BCUT2D eigenvalue weighted by atomic mass is 10.2. The first-order chi connectivity index (χ1) is 8.56. The van der Waals surface area contributed by atoms with Gasteiger partial charge in [-0.1, -0.05) is 0 Å². The Morgan fingerprint density at radius 1 is 1.72 bits per heavy atom. The van der Waals surface area contributed by atoms with Crippen molar-refractivity contribution in [3.8, 4) is 0 Å². The monoisotopic (exact) mass is 257 g/mol. The number of halogens is 1. The van der Waals surface area contributed by atoms with Crippen molar-refractivity contribution in [1.82, 2.24) is 9.55 Å². The molecule has 0 amide bonds. The molecule has 0 radical (unpaired) electrons. The number of aromatic nitrogens is 2. The van der Waals surface area contributed by atoms with Crippen molar-refractivity contribution in [1.29, 1.82) is 0 Å². The van der Waals surface area contributed by atoms with Gasteiger partial charge in [-0.2, -0.15) is 4.98 Å². The van der Waals surface area contributed by atoms with Crippen molar-refractivity contribution in [3.63, 3.8) is 0 Å². The Bertz CT molecular complexity index is 518. The third-order valence-electron chi connectivity index (χ3n) is 2.79. The maximum atomic E-state index is 13.4. The first-order valence-corrected chi connectivity index (χ1v) is 5.31. The zero-order valence-corrected chi connectivity index (χ0v) is 9.32. The predicted molar refractivity (Wildman–Crippen MR) is 58.8 cm³/mol. The van der Waals surface area contributed by atoms with Gasteiger partial charge in [0, 0.05) is 12.6 Å². The number of nitrogens with zero attached hydrogens (tertiary/aromatic N) is 2. The lowest BCUT2D eigenvalue weighted by Crippen LogP contribution is -2.29. The summed E-state index contributed by atoms with van der Waals surface area (Å²) in [6.07, 6.45) is -1.70. The van der Waals surface area contributed by atoms with Gasteiger partial charge in [0.15, 0.2) is 6.29 Å². The highest BCUT2D eigenvalue weighted by atomic mass is 19.1. The van der Waals surface area contributed by atoms with E-state index in [0.717, 1.165) is 4.57 Å². The Morgan fingerprint density at radius 2 is 2.44 bits per heavy atom. The van der Waals surface area contributed by atoms with Crippen LogP contribution >= 0.6 is 0 Å². The van der Waals surface area contributed by atoms with Crippen molar-refractivity contribution < 1.29 is 19.0 Å². The molecule has 98 valence electrons. The first kappa shape index (κ1) is 12.7. The topological polar surface area (TPSA) is 107 Å². The van der Waals surface area contributed by atoms with Crippen LogP contribution < -0.4 is 11.4 Å². The van der Waals surface area contributed by atoms with Crippen LogP contribution in [0.25, 0.3) is 0 Å². The summed E-state index contributed by atoms with van der Waals surface area (Å²) in [6.45, 7) is -0.477. The smallest absolute Gasteiger partial charge is 0.351 e. The molecule has 1 aliphatic rings. The van der Waals surface area contributed by atoms with Crippen molar-refractivity contribution >= 4 is 12.1 Å². The van der Waals surface area contributed by atoms with Gasteiger partial charge in [0.2, 0.25) is 0 Å². The molecule has 3 atom stereocenters. The first-order valence-electron chi connectivity index (χ1n) is 5.31. The van der Waals surface area contributed by atoms with E-state index in [9.17, 15) is 14.0 Å². The molecule has 1 aromatic heterocycles. The number of carbonyl (C=O) groups is 1. The van der Waals surface area contributed by atoms with E-state index < -0.39 is 30.8 Å². The van der Waals surface area contributed by atoms with Crippen LogP contribution in [-0.2, 0) is 4.74 Å². The third-order valence-corrected chi connectivity index (χ3v) is 2.79. The quantitative estimate of drug-likeness (QED) is 0.690. The molecule has 2 heterocycles. The SMILES string of the molecule is Nc1nc(=O)n([C@H]2CC(F)[C@@H](CO)O2)cc1C=O. The zero-order valence-electron chi connectivity index (χ0n) is 9.32. The van der Waals surface area contributed by atoms with Crippen LogP contribution in [0, 0.1) is 0 Å². The second-order valence-electron chi connectivity index (χ2n) is 3.95. The van der Waals surface area contributed by atoms with Gasteiger partial charge in [-0.3, -0.25) is 9.36 Å². The van der Waals surface area contributed by atoms with Gasteiger partial charge in [-0.15, -0.1) is 0 Å². The number of nitrogen functional groups attached to an aromatic ring is 1. The fourth-order valence-corrected chi connectivity index (χ4v) is 1.82. The highest BCUT2D eigenvalue weighted by Crippen LogP contribution is 2.29. The van der Waals surface area contributed by atoms with Crippen LogP contribution in [0.3, 0.4) is 0 Å². The Labute approximate surface area is 101 Å². The van der Waals surface area contributed by atoms with E-state index in [-0.39, 0.29) is 17.8 Å². The van der Waals surface area contributed by atoms with Crippen molar-refractivity contribution in [2.45, 2.75) is 24.9 Å². The number of aliphatic hydroxyl groups is 1. The summed E-state index contributed by atoms with van der Waals surface area (Å²) in [5.74, 6) is -0.181. The summed E-state index contributed by atoms with van der Waals surface area (Å²) in [5, 5.41) is 8.87. The van der Waals surface area contributed by atoms with Crippen LogP contribution in [0.15, 0.2) is 11.0 Å². The van der Waals surface area contributed by atoms with Crippen molar-refractivity contribution in [2.75, 3.05) is 12.3 Å². The van der Waals surface area contributed by atoms with E-state index >= 15 is 0 Å². The van der Waals surface area contributed by atoms with E-state index in [2.05, 4.69) is 4.98 Å². The number of alkyl halides is 1. The number of ether oxygens (including phenoxy) is 1. The Morgan fingerprint density at radius 3 is 3.00 bits per heavy atom. The van der Waals surface area contributed by atoms with Crippen molar-refractivity contribution in [2.24, 2.45) is 0 Å². The van der Waals surface area contributed by atoms with Crippen LogP contribution in [0.2, 0.25) is 0 Å². The second kappa shape index (κ2) is 4.83. The van der Waals surface area contributed by atoms with E-state index in [0.29, 0.717) is 6.29 Å². The van der Waals surface area contributed by atoms with E-state index in [1.54, 1.807) is 0 Å². The zero-order chi connectivity index (χ0) is 13.3. The number of anilines is 1. The molecule has 1 aliphatic heterocycles. The van der Waals surface area contributed by atoms with Gasteiger partial charge in [0.05, 0.1) is 12.2 Å². The predicted octanol–water partition coefficient (Wildman–Crippen LogP) is -0.744. The molecular formula is C10H12FN3O4. The Hall–Kier alpha value is -1.80. The van der Waals surface area contributed by atoms with Gasteiger partial charge < -0.3 is 15.6 Å². The van der Waals surface area contributed by atoms with Crippen LogP contribution in [0.4, 0.5) is 10.2 Å². The number of aldehydes is 1. The summed E-state index contributed by atoms with van der Waals surface area (Å²) >= 11 is 0. The fourth-order valence-electron chi connectivity index (χ4n) is 1.82. The lowest BCUT2D eigenvalue weighted by Gasteiger charge is -2.14. The van der Waals surface area contributed by atoms with Crippen LogP contribution in [-0.4, -0.2) is 39.8 Å². The highest BCUT2D eigenvalue weighted by Gasteiger charge is 2.36. The number of hydrogen-bond acceptors (Lipinski definition) is 6. The number of rotatable bonds is 3. The fraction of sp³-hybridized carbons (Fsp3) is 0.500. The molecule has 1 saturated heterocycles. The normalized spacial score (nSPS) is 27.3. The molecule has 18 heavy (non-hydrogen) atoms. The molecule has 3 N–H and O–H groups in total. The molecule has 0 spiro atoms. The molecule has 8 heteroatoms. The summed E-state index contributed by atoms with van der Waals surface area (Å²) in [7, 11) is 0. The molecule has 0 saturated carbocycles. The molecule has 1 aromatic rings. The molecule has 2 rings (SSSR count). The average Bonchev–Trinajstić information content (AvgIpc) is 2.70. The molecular weight excluding hydrogens is 245 g/mol. The summed E-state index contributed by atoms with van der Waals surface area (Å²) in [6, 6.07) is 0. The molecule has 1 unspecified atom stereocenters. The second-order valence-corrected chi connectivity index (χ2v) is 3.95. The molecule has 0 aromatic carbocycles. The van der Waals surface area contributed by atoms with Gasteiger partial charge >= 0.3 is 5.69 Å². The van der Waals surface area contributed by atoms with Crippen LogP contribution in [0.5, 0.6) is 0 Å². The molecule has 0 bridgehead atoms. The van der Waals surface area contributed by atoms with E-state index in [1.165, 1.54) is 6.20 Å². The number of hydrogen-bond donors (Lipinski definition) is 2. The molecule has 7 nitrogen and oxygen atoms in total. The van der Waals surface area contributed by atoms with Gasteiger partial charge in [-0.05, 0) is 0 Å². The van der Waals surface area contributed by atoms with Crippen molar-refractivity contribution in [3.05, 3.63) is 22.2 Å². The minimum absolute atomic E-state index is 0.0288. The van der Waals surface area contributed by atoms with E-state index in [4.69, 9.17) is 15.6 Å². The van der Waals surface area contributed by atoms with Crippen LogP contribution in [0.1, 0.15) is 23.0 Å². The minimum Gasteiger partial charge on any atom is -0.394 e. The lowest BCUT2D eigenvalue weighted by molar-refractivity contribution is -0.0355.